The highest BCUT2D eigenvalue weighted by Crippen LogP contribution is 2.46. The Labute approximate surface area is 183 Å². The molecular formula is C22H24F2N4O4. The molecule has 3 heterocycles. The van der Waals surface area contributed by atoms with Crippen LogP contribution in [0.2, 0.25) is 0 Å². The molecule has 1 aromatic heterocycles. The number of aromatic nitrogens is 2. The van der Waals surface area contributed by atoms with Crippen LogP contribution in [0.1, 0.15) is 23.2 Å². The van der Waals surface area contributed by atoms with E-state index in [4.69, 9.17) is 9.47 Å². The lowest BCUT2D eigenvalue weighted by Crippen LogP contribution is -2.51. The van der Waals surface area contributed by atoms with E-state index in [2.05, 4.69) is 15.3 Å². The number of rotatable bonds is 7. The first-order valence-electron chi connectivity index (χ1n) is 10.6. The minimum absolute atomic E-state index is 0.00783. The summed E-state index contributed by atoms with van der Waals surface area (Å²) in [6.07, 6.45) is 0.0939. The first kappa shape index (κ1) is 21.2. The van der Waals surface area contributed by atoms with Crippen molar-refractivity contribution in [1.82, 2.24) is 15.3 Å². The average Bonchev–Trinajstić information content (AvgIpc) is 3.28. The number of aliphatic hydroxyl groups excluding tert-OH is 1. The number of β-amino-alcohol motifs (C(OH)–C–C–N with tert-alkyl or cyclic N) is 1. The van der Waals surface area contributed by atoms with E-state index in [0.29, 0.717) is 48.6 Å². The lowest BCUT2D eigenvalue weighted by atomic mass is 9.91. The molecule has 1 unspecified atom stereocenters. The molecule has 3 aliphatic rings. The van der Waals surface area contributed by atoms with Gasteiger partial charge < -0.3 is 29.6 Å². The van der Waals surface area contributed by atoms with Crippen molar-refractivity contribution in [3.8, 4) is 17.0 Å². The molecule has 0 amide bonds. The molecule has 170 valence electrons. The molecule has 1 saturated heterocycles. The number of hydrogen-bond acceptors (Lipinski definition) is 8. The Kier molecular flexibility index (Phi) is 5.11. The molecule has 0 bridgehead atoms. The number of halogens is 2. The zero-order valence-corrected chi connectivity index (χ0v) is 17.6. The number of nitrogens with zero attached hydrogens (tertiary/aromatic N) is 3. The standard InChI is InChI=1S/C22H24F2N4O4/c1-25-21(11-31-7-6-29)12-32-17-8-13(2-3-16(17)21)18-15-4-5-22(23,24)19(15)27-20(26-18)28-9-14(30)10-28/h2-3,6,8,14,25,30H,4-5,7,9-12H2,1H3. The maximum atomic E-state index is 14.6. The van der Waals surface area contributed by atoms with Gasteiger partial charge in [0.2, 0.25) is 5.95 Å². The van der Waals surface area contributed by atoms with Crippen LogP contribution in [0.3, 0.4) is 0 Å². The zero-order valence-electron chi connectivity index (χ0n) is 17.6. The van der Waals surface area contributed by atoms with Gasteiger partial charge in [-0.1, -0.05) is 12.1 Å². The number of alkyl halides is 2. The summed E-state index contributed by atoms with van der Waals surface area (Å²) in [5.74, 6) is -2.18. The molecule has 5 rings (SSSR count). The summed E-state index contributed by atoms with van der Waals surface area (Å²) in [6.45, 7) is 1.21. The average molecular weight is 446 g/mol. The molecule has 2 aromatic rings. The molecule has 1 atom stereocenters. The normalized spacial score (nSPS) is 23.4. The van der Waals surface area contributed by atoms with Crippen LogP contribution in [-0.4, -0.2) is 67.4 Å². The largest absolute Gasteiger partial charge is 0.491 e. The predicted molar refractivity (Wildman–Crippen MR) is 111 cm³/mol. The lowest BCUT2D eigenvalue weighted by molar-refractivity contribution is -0.112. The molecule has 0 saturated carbocycles. The van der Waals surface area contributed by atoms with Crippen molar-refractivity contribution < 1.29 is 28.2 Å². The minimum Gasteiger partial charge on any atom is -0.491 e. The first-order chi connectivity index (χ1) is 15.4. The van der Waals surface area contributed by atoms with Crippen molar-refractivity contribution in [2.45, 2.75) is 30.4 Å². The van der Waals surface area contributed by atoms with Crippen molar-refractivity contribution in [3.05, 3.63) is 35.0 Å². The number of anilines is 1. The van der Waals surface area contributed by atoms with Crippen LogP contribution in [-0.2, 0) is 27.4 Å². The quantitative estimate of drug-likeness (QED) is 0.487. The van der Waals surface area contributed by atoms with Crippen LogP contribution in [0.15, 0.2) is 18.2 Å². The molecule has 1 aromatic carbocycles. The molecular weight excluding hydrogens is 422 g/mol. The number of fused-ring (bicyclic) bond motifs is 2. The van der Waals surface area contributed by atoms with Gasteiger partial charge in [0.15, 0.2) is 0 Å². The smallest absolute Gasteiger partial charge is 0.290 e. The van der Waals surface area contributed by atoms with E-state index in [1.165, 1.54) is 0 Å². The third-order valence-electron chi connectivity index (χ3n) is 6.43. The third kappa shape index (κ3) is 3.33. The van der Waals surface area contributed by atoms with E-state index in [1.807, 2.05) is 18.2 Å². The summed E-state index contributed by atoms with van der Waals surface area (Å²) >= 11 is 0. The Morgan fingerprint density at radius 3 is 2.91 bits per heavy atom. The summed E-state index contributed by atoms with van der Waals surface area (Å²) in [4.78, 5) is 21.1. The SMILES string of the molecule is CNC1(COCC=O)COc2cc(-c3nc(N4CC(O)C4)nc4c3CCC4(F)F)ccc21. The van der Waals surface area contributed by atoms with Crippen LogP contribution in [0, 0.1) is 0 Å². The molecule has 1 aliphatic carbocycles. The number of aldehydes is 1. The van der Waals surface area contributed by atoms with E-state index < -0.39 is 17.6 Å². The van der Waals surface area contributed by atoms with Crippen LogP contribution in [0.5, 0.6) is 5.75 Å². The van der Waals surface area contributed by atoms with Gasteiger partial charge in [0.05, 0.1) is 18.4 Å². The van der Waals surface area contributed by atoms with Gasteiger partial charge in [0.1, 0.15) is 36.5 Å². The Morgan fingerprint density at radius 1 is 1.38 bits per heavy atom. The van der Waals surface area contributed by atoms with Gasteiger partial charge in [0.25, 0.3) is 5.92 Å². The Balaban J connectivity index is 1.54. The molecule has 2 N–H and O–H groups in total. The Morgan fingerprint density at radius 2 is 2.19 bits per heavy atom. The van der Waals surface area contributed by atoms with Crippen molar-refractivity contribution >= 4 is 12.2 Å². The van der Waals surface area contributed by atoms with Gasteiger partial charge in [-0.05, 0) is 19.5 Å². The Hall–Kier alpha value is -2.69. The van der Waals surface area contributed by atoms with Gasteiger partial charge in [-0.2, -0.15) is 8.78 Å². The number of aliphatic hydroxyl groups is 1. The summed E-state index contributed by atoms with van der Waals surface area (Å²) in [5, 5.41) is 12.8. The fourth-order valence-corrected chi connectivity index (χ4v) is 4.55. The van der Waals surface area contributed by atoms with Gasteiger partial charge in [0, 0.05) is 36.2 Å². The van der Waals surface area contributed by atoms with Gasteiger partial charge in [-0.15, -0.1) is 0 Å². The number of nitrogens with one attached hydrogen (secondary N) is 1. The number of likely N-dealkylation sites (N-methyl/N-ethyl adjacent to an activating group) is 1. The van der Waals surface area contributed by atoms with E-state index in [1.54, 1.807) is 11.9 Å². The molecule has 1 fully saturated rings. The number of benzene rings is 1. The number of ether oxygens (including phenoxy) is 2. The van der Waals surface area contributed by atoms with Crippen molar-refractivity contribution in [3.63, 3.8) is 0 Å². The van der Waals surface area contributed by atoms with Crippen LogP contribution >= 0.6 is 0 Å². The van der Waals surface area contributed by atoms with E-state index in [-0.39, 0.29) is 37.7 Å². The highest BCUT2D eigenvalue weighted by Gasteiger charge is 2.45. The van der Waals surface area contributed by atoms with Crippen molar-refractivity contribution in [2.24, 2.45) is 0 Å². The maximum Gasteiger partial charge on any atom is 0.290 e. The second-order valence-electron chi connectivity index (χ2n) is 8.48. The molecule has 10 heteroatoms. The highest BCUT2D eigenvalue weighted by atomic mass is 19.3. The summed E-state index contributed by atoms with van der Waals surface area (Å²) < 4.78 is 40.5. The maximum absolute atomic E-state index is 14.6. The van der Waals surface area contributed by atoms with Crippen molar-refractivity contribution in [2.75, 3.05) is 44.9 Å². The predicted octanol–water partition coefficient (Wildman–Crippen LogP) is 1.39. The third-order valence-corrected chi connectivity index (χ3v) is 6.43. The highest BCUT2D eigenvalue weighted by molar-refractivity contribution is 5.70. The van der Waals surface area contributed by atoms with E-state index in [0.717, 1.165) is 5.56 Å². The zero-order chi connectivity index (χ0) is 22.5. The van der Waals surface area contributed by atoms with Crippen molar-refractivity contribution in [1.29, 1.82) is 0 Å². The molecule has 32 heavy (non-hydrogen) atoms. The number of carbonyl (C=O) groups is 1. The molecule has 0 radical (unpaired) electrons. The van der Waals surface area contributed by atoms with E-state index in [9.17, 15) is 18.7 Å². The van der Waals surface area contributed by atoms with Gasteiger partial charge >= 0.3 is 0 Å². The monoisotopic (exact) mass is 446 g/mol. The number of carbonyl (C=O) groups excluding carboxylic acids is 1. The first-order valence-corrected chi connectivity index (χ1v) is 10.6. The molecule has 0 spiro atoms. The molecule has 2 aliphatic heterocycles. The van der Waals surface area contributed by atoms with Crippen LogP contribution in [0.4, 0.5) is 14.7 Å². The fraction of sp³-hybridized carbons (Fsp3) is 0.500. The molecule has 8 nitrogen and oxygen atoms in total. The Bertz CT molecular complexity index is 1060. The summed E-state index contributed by atoms with van der Waals surface area (Å²) in [6, 6.07) is 5.53. The second kappa shape index (κ2) is 7.72. The lowest BCUT2D eigenvalue weighted by Gasteiger charge is -2.36. The fourth-order valence-electron chi connectivity index (χ4n) is 4.55. The summed E-state index contributed by atoms with van der Waals surface area (Å²) in [5.41, 5.74) is 1.63. The number of hydrogen-bond donors (Lipinski definition) is 2. The van der Waals surface area contributed by atoms with Gasteiger partial charge in [-0.3, -0.25) is 0 Å². The topological polar surface area (TPSA) is 96.8 Å². The van der Waals surface area contributed by atoms with Gasteiger partial charge in [-0.25, -0.2) is 9.97 Å². The van der Waals surface area contributed by atoms with Crippen LogP contribution < -0.4 is 15.0 Å². The van der Waals surface area contributed by atoms with E-state index >= 15 is 0 Å². The second-order valence-corrected chi connectivity index (χ2v) is 8.48. The van der Waals surface area contributed by atoms with Crippen LogP contribution in [0.25, 0.3) is 11.3 Å². The minimum atomic E-state index is -3.00. The summed E-state index contributed by atoms with van der Waals surface area (Å²) in [7, 11) is 1.80.